The summed E-state index contributed by atoms with van der Waals surface area (Å²) in [4.78, 5) is 19.9. The topological polar surface area (TPSA) is 54.9 Å². The number of nitrogens with one attached hydrogen (secondary N) is 1. The van der Waals surface area contributed by atoms with Crippen molar-refractivity contribution in [3.63, 3.8) is 0 Å². The van der Waals surface area contributed by atoms with E-state index in [-0.39, 0.29) is 5.02 Å². The van der Waals surface area contributed by atoms with E-state index >= 15 is 0 Å². The van der Waals surface area contributed by atoms with E-state index < -0.39 is 41.4 Å². The molecule has 3 aromatic rings. The van der Waals surface area contributed by atoms with Gasteiger partial charge in [-0.25, -0.2) is 0 Å². The lowest BCUT2D eigenvalue weighted by Crippen LogP contribution is -2.36. The second kappa shape index (κ2) is 8.35. The maximum Gasteiger partial charge on any atom is 0.417 e. The first-order chi connectivity index (χ1) is 14.1. The molecule has 0 saturated carbocycles. The van der Waals surface area contributed by atoms with Crippen LogP contribution in [0, 0.1) is 0 Å². The fourth-order valence-corrected chi connectivity index (χ4v) is 2.98. The molecule has 30 heavy (non-hydrogen) atoms. The molecule has 1 amide bonds. The Hall–Kier alpha value is -3.07. The number of hydrogen-bond acceptors (Lipinski definition) is 3. The Morgan fingerprint density at radius 3 is 2.33 bits per heavy atom. The van der Waals surface area contributed by atoms with Crippen LogP contribution in [0.2, 0.25) is 5.02 Å². The van der Waals surface area contributed by atoms with Crippen LogP contribution in [0.25, 0.3) is 11.3 Å². The van der Waals surface area contributed by atoms with Crippen LogP contribution >= 0.6 is 11.6 Å². The molecule has 0 spiro atoms. The smallest absolute Gasteiger partial charge is 0.346 e. The van der Waals surface area contributed by atoms with Gasteiger partial charge in [-0.3, -0.25) is 14.8 Å². The van der Waals surface area contributed by atoms with Gasteiger partial charge in [-0.15, -0.1) is 0 Å². The van der Waals surface area contributed by atoms with Crippen molar-refractivity contribution in [1.29, 1.82) is 0 Å². The zero-order chi connectivity index (χ0) is 21.9. The van der Waals surface area contributed by atoms with Crippen molar-refractivity contribution in [2.24, 2.45) is 0 Å². The average Bonchev–Trinajstić information content (AvgIpc) is 2.72. The number of halogens is 6. The molecule has 1 aromatic carbocycles. The summed E-state index contributed by atoms with van der Waals surface area (Å²) in [5, 5.41) is 1.46. The molecule has 0 bridgehead atoms. The Bertz CT molecular complexity index is 1060. The Morgan fingerprint density at radius 1 is 1.00 bits per heavy atom. The van der Waals surface area contributed by atoms with Crippen molar-refractivity contribution in [2.45, 2.75) is 12.1 Å². The largest absolute Gasteiger partial charge is 0.417 e. The van der Waals surface area contributed by atoms with E-state index in [1.807, 2.05) is 5.32 Å². The molecule has 0 aliphatic heterocycles. The molecule has 2 aromatic heterocycles. The van der Waals surface area contributed by atoms with Crippen LogP contribution in [0.4, 0.5) is 22.0 Å². The fraction of sp³-hybridized carbons (Fsp3) is 0.150. The highest BCUT2D eigenvalue weighted by Crippen LogP contribution is 2.34. The SMILES string of the molecule is O=C(NCC(F)(F)c1ncc(-c2ccccn2)cc1Cl)c1ccccc1C(F)(F)F. The maximum atomic E-state index is 14.6. The highest BCUT2D eigenvalue weighted by atomic mass is 35.5. The van der Waals surface area contributed by atoms with E-state index in [0.29, 0.717) is 17.3 Å². The molecule has 4 nitrogen and oxygen atoms in total. The van der Waals surface area contributed by atoms with Crippen LogP contribution in [-0.2, 0) is 12.1 Å². The van der Waals surface area contributed by atoms with Gasteiger partial charge < -0.3 is 5.32 Å². The lowest BCUT2D eigenvalue weighted by atomic mass is 10.1. The van der Waals surface area contributed by atoms with Crippen LogP contribution in [0.1, 0.15) is 21.6 Å². The van der Waals surface area contributed by atoms with E-state index in [9.17, 15) is 26.7 Å². The third-order valence-corrected chi connectivity index (χ3v) is 4.38. The molecule has 0 aliphatic carbocycles. The summed E-state index contributed by atoms with van der Waals surface area (Å²) in [6.45, 7) is -1.28. The van der Waals surface area contributed by atoms with Gasteiger partial charge in [0.15, 0.2) is 0 Å². The third-order valence-electron chi connectivity index (χ3n) is 4.10. The van der Waals surface area contributed by atoms with Gasteiger partial charge in [0.05, 0.1) is 28.4 Å². The fourth-order valence-electron chi connectivity index (χ4n) is 2.68. The lowest BCUT2D eigenvalue weighted by molar-refractivity contribution is -0.137. The molecule has 1 N–H and O–H groups in total. The van der Waals surface area contributed by atoms with Gasteiger partial charge in [0, 0.05) is 18.0 Å². The second-order valence-electron chi connectivity index (χ2n) is 6.20. The van der Waals surface area contributed by atoms with Crippen LogP contribution < -0.4 is 5.32 Å². The molecule has 156 valence electrons. The monoisotopic (exact) mass is 441 g/mol. The molecule has 0 unspecified atom stereocenters. The molecular formula is C20H13ClF5N3O. The summed E-state index contributed by atoms with van der Waals surface area (Å²) in [7, 11) is 0. The van der Waals surface area contributed by atoms with E-state index in [0.717, 1.165) is 18.3 Å². The van der Waals surface area contributed by atoms with E-state index in [2.05, 4.69) is 9.97 Å². The first kappa shape index (κ1) is 21.6. The number of pyridine rings is 2. The normalized spacial score (nSPS) is 11.9. The minimum Gasteiger partial charge on any atom is -0.346 e. The molecular weight excluding hydrogens is 429 g/mol. The minimum atomic E-state index is -4.80. The molecule has 0 fully saturated rings. The van der Waals surface area contributed by atoms with Crippen molar-refractivity contribution in [3.05, 3.63) is 82.8 Å². The average molecular weight is 442 g/mol. The molecule has 3 rings (SSSR count). The van der Waals surface area contributed by atoms with Crippen molar-refractivity contribution in [1.82, 2.24) is 15.3 Å². The van der Waals surface area contributed by atoms with Gasteiger partial charge >= 0.3 is 12.1 Å². The second-order valence-corrected chi connectivity index (χ2v) is 6.61. The number of alkyl halides is 5. The Balaban J connectivity index is 1.78. The Morgan fingerprint density at radius 2 is 1.70 bits per heavy atom. The Labute approximate surface area is 172 Å². The van der Waals surface area contributed by atoms with Crippen LogP contribution in [0.3, 0.4) is 0 Å². The number of hydrogen-bond donors (Lipinski definition) is 1. The van der Waals surface area contributed by atoms with Crippen LogP contribution in [0.5, 0.6) is 0 Å². The quantitative estimate of drug-likeness (QED) is 0.544. The molecule has 0 radical (unpaired) electrons. The highest BCUT2D eigenvalue weighted by molar-refractivity contribution is 6.31. The summed E-state index contributed by atoms with van der Waals surface area (Å²) >= 11 is 5.95. The van der Waals surface area contributed by atoms with Gasteiger partial charge in [0.2, 0.25) is 0 Å². The number of carbonyl (C=O) groups is 1. The molecule has 0 atom stereocenters. The summed E-state index contributed by atoms with van der Waals surface area (Å²) in [5.74, 6) is -5.01. The number of benzene rings is 1. The predicted molar refractivity (Wildman–Crippen MR) is 100 cm³/mol. The molecule has 0 saturated heterocycles. The third kappa shape index (κ3) is 4.73. The summed E-state index contributed by atoms with van der Waals surface area (Å²) in [5.41, 5.74) is -1.91. The van der Waals surface area contributed by atoms with Gasteiger partial charge in [-0.2, -0.15) is 22.0 Å². The maximum absolute atomic E-state index is 14.6. The zero-order valence-corrected chi connectivity index (χ0v) is 15.8. The zero-order valence-electron chi connectivity index (χ0n) is 15.1. The summed E-state index contributed by atoms with van der Waals surface area (Å²) in [6.07, 6.45) is -2.14. The number of carbonyl (C=O) groups excluding carboxylic acids is 1. The van der Waals surface area contributed by atoms with Crippen molar-refractivity contribution in [3.8, 4) is 11.3 Å². The first-order valence-corrected chi connectivity index (χ1v) is 8.87. The predicted octanol–water partition coefficient (Wildman–Crippen LogP) is 5.34. The van der Waals surface area contributed by atoms with Gasteiger partial charge in [0.25, 0.3) is 5.91 Å². The van der Waals surface area contributed by atoms with Gasteiger partial charge in [-0.05, 0) is 30.3 Å². The Kier molecular flexibility index (Phi) is 6.02. The highest BCUT2D eigenvalue weighted by Gasteiger charge is 2.38. The number of nitrogens with zero attached hydrogens (tertiary/aromatic N) is 2. The minimum absolute atomic E-state index is 0.368. The first-order valence-electron chi connectivity index (χ1n) is 8.49. The number of rotatable bonds is 5. The number of amides is 1. The molecule has 0 aliphatic rings. The van der Waals surface area contributed by atoms with E-state index in [1.54, 1.807) is 18.2 Å². The van der Waals surface area contributed by atoms with Crippen LogP contribution in [-0.4, -0.2) is 22.4 Å². The van der Waals surface area contributed by atoms with Gasteiger partial charge in [-0.1, -0.05) is 29.8 Å². The standard InChI is InChI=1S/C20H13ClF5N3O/c21-15-9-12(16-7-3-4-8-27-16)10-28-17(15)19(22,23)11-29-18(30)13-5-1-2-6-14(13)20(24,25)26/h1-10H,11H2,(H,29,30). The van der Waals surface area contributed by atoms with Gasteiger partial charge in [0.1, 0.15) is 5.69 Å². The van der Waals surface area contributed by atoms with E-state index in [1.165, 1.54) is 18.3 Å². The van der Waals surface area contributed by atoms with Crippen molar-refractivity contribution >= 4 is 17.5 Å². The van der Waals surface area contributed by atoms with E-state index in [4.69, 9.17) is 11.6 Å². The summed E-state index contributed by atoms with van der Waals surface area (Å²) in [6, 6.07) is 10.2. The lowest BCUT2D eigenvalue weighted by Gasteiger charge is -2.19. The molecule has 2 heterocycles. The van der Waals surface area contributed by atoms with Crippen LogP contribution in [0.15, 0.2) is 60.9 Å². The molecule has 10 heteroatoms. The number of aromatic nitrogens is 2. The van der Waals surface area contributed by atoms with Crippen molar-refractivity contribution < 1.29 is 26.7 Å². The summed E-state index contributed by atoms with van der Waals surface area (Å²) < 4.78 is 68.2. The van der Waals surface area contributed by atoms with Crippen molar-refractivity contribution in [2.75, 3.05) is 6.54 Å².